The van der Waals surface area contributed by atoms with Crippen molar-refractivity contribution in [3.8, 4) is 0 Å². The van der Waals surface area contributed by atoms with Gasteiger partial charge in [0.05, 0.1) is 25.3 Å². The van der Waals surface area contributed by atoms with Gasteiger partial charge in [-0.2, -0.15) is 0 Å². The van der Waals surface area contributed by atoms with E-state index in [1.54, 1.807) is 12.1 Å². The smallest absolute Gasteiger partial charge is 0.234 e. The second kappa shape index (κ2) is 7.49. The van der Waals surface area contributed by atoms with Crippen LogP contribution in [0.2, 0.25) is 0 Å². The van der Waals surface area contributed by atoms with Crippen LogP contribution in [-0.4, -0.2) is 54.9 Å². The van der Waals surface area contributed by atoms with Gasteiger partial charge in [-0.3, -0.25) is 9.69 Å². The van der Waals surface area contributed by atoms with E-state index < -0.39 is 6.10 Å². The highest BCUT2D eigenvalue weighted by atomic mass is 19.1. The maximum absolute atomic E-state index is 12.8. The molecule has 0 bridgehead atoms. The Kier molecular flexibility index (Phi) is 5.67. The second-order valence-electron chi connectivity index (χ2n) is 5.40. The molecule has 2 rings (SSSR count). The van der Waals surface area contributed by atoms with Gasteiger partial charge in [0.2, 0.25) is 5.91 Å². The van der Waals surface area contributed by atoms with Gasteiger partial charge in [0.15, 0.2) is 0 Å². The molecule has 0 aliphatic carbocycles. The molecule has 5 nitrogen and oxygen atoms in total. The van der Waals surface area contributed by atoms with Gasteiger partial charge in [-0.25, -0.2) is 4.39 Å². The summed E-state index contributed by atoms with van der Waals surface area (Å²) in [7, 11) is 1.82. The number of hydrogen-bond donors (Lipinski definition) is 2. The first-order valence-electron chi connectivity index (χ1n) is 7.03. The predicted molar refractivity (Wildman–Crippen MR) is 76.1 cm³/mol. The highest BCUT2D eigenvalue weighted by Crippen LogP contribution is 2.08. The number of carbonyl (C=O) groups excluding carboxylic acids is 1. The molecule has 0 unspecified atom stereocenters. The Hall–Kier alpha value is -1.50. The van der Waals surface area contributed by atoms with Crippen molar-refractivity contribution in [2.24, 2.45) is 0 Å². The van der Waals surface area contributed by atoms with E-state index >= 15 is 0 Å². The number of likely N-dealkylation sites (N-methyl/N-ethyl adjacent to an activating group) is 1. The van der Waals surface area contributed by atoms with E-state index in [9.17, 15) is 14.3 Å². The number of ether oxygens (including phenoxy) is 1. The molecule has 0 radical (unpaired) electrons. The van der Waals surface area contributed by atoms with Gasteiger partial charge in [0.1, 0.15) is 5.82 Å². The minimum atomic E-state index is -0.551. The molecular weight excluding hydrogens is 275 g/mol. The average Bonchev–Trinajstić information content (AvgIpc) is 2.44. The first-order valence-corrected chi connectivity index (χ1v) is 7.03. The van der Waals surface area contributed by atoms with Crippen molar-refractivity contribution in [2.45, 2.75) is 25.1 Å². The van der Waals surface area contributed by atoms with Crippen LogP contribution in [0.1, 0.15) is 12.0 Å². The highest BCUT2D eigenvalue weighted by Gasteiger charge is 2.25. The van der Waals surface area contributed by atoms with E-state index in [1.807, 2.05) is 11.9 Å². The predicted octanol–water partition coefficient (Wildman–Crippen LogP) is 0.524. The van der Waals surface area contributed by atoms with Crippen LogP contribution in [0, 0.1) is 5.82 Å². The lowest BCUT2D eigenvalue weighted by molar-refractivity contribution is -0.125. The van der Waals surface area contributed by atoms with Crippen LogP contribution < -0.4 is 5.32 Å². The first-order chi connectivity index (χ1) is 10.0. The molecule has 0 aromatic heterocycles. The molecule has 1 aliphatic heterocycles. The molecule has 0 saturated carbocycles. The molecule has 21 heavy (non-hydrogen) atoms. The van der Waals surface area contributed by atoms with Crippen LogP contribution >= 0.6 is 0 Å². The summed E-state index contributed by atoms with van der Waals surface area (Å²) in [5.41, 5.74) is 0.938. The number of rotatable bonds is 5. The largest absolute Gasteiger partial charge is 0.391 e. The fraction of sp³-hybridized carbons (Fsp3) is 0.533. The molecule has 116 valence electrons. The average molecular weight is 296 g/mol. The van der Waals surface area contributed by atoms with Crippen molar-refractivity contribution in [1.82, 2.24) is 10.2 Å². The van der Waals surface area contributed by atoms with Gasteiger partial charge in [0, 0.05) is 13.2 Å². The zero-order chi connectivity index (χ0) is 15.2. The number of halogens is 1. The standard InChI is InChI=1S/C15H21FN2O3/c1-18(8-11-2-4-12(16)5-3-11)9-15(20)17-13-10-21-7-6-14(13)19/h2-5,13-14,19H,6-10H2,1H3,(H,17,20)/t13-,14-/m1/s1. The van der Waals surface area contributed by atoms with Gasteiger partial charge in [0.25, 0.3) is 0 Å². The van der Waals surface area contributed by atoms with Gasteiger partial charge >= 0.3 is 0 Å². The Balaban J connectivity index is 1.77. The zero-order valence-electron chi connectivity index (χ0n) is 12.1. The summed E-state index contributed by atoms with van der Waals surface area (Å²) < 4.78 is 18.1. The van der Waals surface area contributed by atoms with E-state index in [4.69, 9.17) is 4.74 Å². The van der Waals surface area contributed by atoms with Gasteiger partial charge in [-0.15, -0.1) is 0 Å². The third kappa shape index (κ3) is 5.08. The highest BCUT2D eigenvalue weighted by molar-refractivity contribution is 5.78. The summed E-state index contributed by atoms with van der Waals surface area (Å²) in [5.74, 6) is -0.431. The molecule has 2 N–H and O–H groups in total. The number of aliphatic hydroxyl groups excluding tert-OH is 1. The van der Waals surface area contributed by atoms with Crippen LogP contribution in [0.25, 0.3) is 0 Å². The molecule has 6 heteroatoms. The SMILES string of the molecule is CN(CC(=O)N[C@@H]1COCC[C@H]1O)Cc1ccc(F)cc1. The van der Waals surface area contributed by atoms with Crippen molar-refractivity contribution < 1.29 is 19.0 Å². The Bertz CT molecular complexity index is 466. The van der Waals surface area contributed by atoms with Crippen molar-refractivity contribution in [2.75, 3.05) is 26.8 Å². The lowest BCUT2D eigenvalue weighted by atomic mass is 10.1. The lowest BCUT2D eigenvalue weighted by Crippen LogP contribution is -2.51. The zero-order valence-corrected chi connectivity index (χ0v) is 12.1. The lowest BCUT2D eigenvalue weighted by Gasteiger charge is -2.29. The minimum Gasteiger partial charge on any atom is -0.391 e. The number of benzene rings is 1. The fourth-order valence-corrected chi connectivity index (χ4v) is 2.32. The Morgan fingerprint density at radius 2 is 2.19 bits per heavy atom. The molecule has 1 aliphatic rings. The Morgan fingerprint density at radius 3 is 2.86 bits per heavy atom. The van der Waals surface area contributed by atoms with E-state index in [2.05, 4.69) is 5.32 Å². The van der Waals surface area contributed by atoms with Gasteiger partial charge in [-0.1, -0.05) is 12.1 Å². The quantitative estimate of drug-likeness (QED) is 0.832. The number of aliphatic hydroxyl groups is 1. The van der Waals surface area contributed by atoms with E-state index in [0.717, 1.165) is 5.56 Å². The summed E-state index contributed by atoms with van der Waals surface area (Å²) in [6.45, 7) is 1.63. The molecule has 1 aromatic rings. The maximum Gasteiger partial charge on any atom is 0.234 e. The summed E-state index contributed by atoms with van der Waals surface area (Å²) in [6.07, 6.45) is -0.0128. The fourth-order valence-electron chi connectivity index (χ4n) is 2.32. The van der Waals surface area contributed by atoms with E-state index in [0.29, 0.717) is 26.2 Å². The van der Waals surface area contributed by atoms with Crippen LogP contribution in [0.4, 0.5) is 4.39 Å². The van der Waals surface area contributed by atoms with Crippen LogP contribution in [0.5, 0.6) is 0 Å². The summed E-state index contributed by atoms with van der Waals surface area (Å²) in [6, 6.07) is 5.86. The second-order valence-corrected chi connectivity index (χ2v) is 5.40. The summed E-state index contributed by atoms with van der Waals surface area (Å²) in [5, 5.41) is 12.5. The molecule has 1 amide bonds. The van der Waals surface area contributed by atoms with Gasteiger partial charge < -0.3 is 15.2 Å². The molecule has 1 heterocycles. The number of nitrogens with one attached hydrogen (secondary N) is 1. The van der Waals surface area contributed by atoms with Crippen molar-refractivity contribution in [3.63, 3.8) is 0 Å². The maximum atomic E-state index is 12.8. The third-order valence-electron chi connectivity index (χ3n) is 3.45. The van der Waals surface area contributed by atoms with E-state index in [-0.39, 0.29) is 24.3 Å². The molecule has 1 fully saturated rings. The topological polar surface area (TPSA) is 61.8 Å². The molecular formula is C15H21FN2O3. The number of amides is 1. The Morgan fingerprint density at radius 1 is 1.48 bits per heavy atom. The summed E-state index contributed by atoms with van der Waals surface area (Å²) in [4.78, 5) is 13.8. The monoisotopic (exact) mass is 296 g/mol. The minimum absolute atomic E-state index is 0.158. The van der Waals surface area contributed by atoms with Crippen molar-refractivity contribution in [1.29, 1.82) is 0 Å². The number of hydrogen-bond acceptors (Lipinski definition) is 4. The molecule has 1 aromatic carbocycles. The normalized spacial score (nSPS) is 22.3. The molecule has 1 saturated heterocycles. The Labute approximate surface area is 123 Å². The third-order valence-corrected chi connectivity index (χ3v) is 3.45. The van der Waals surface area contributed by atoms with E-state index in [1.165, 1.54) is 12.1 Å². The number of nitrogens with zero attached hydrogens (tertiary/aromatic N) is 1. The van der Waals surface area contributed by atoms with Crippen molar-refractivity contribution >= 4 is 5.91 Å². The van der Waals surface area contributed by atoms with Crippen molar-refractivity contribution in [3.05, 3.63) is 35.6 Å². The summed E-state index contributed by atoms with van der Waals surface area (Å²) >= 11 is 0. The van der Waals surface area contributed by atoms with Crippen LogP contribution in [0.15, 0.2) is 24.3 Å². The van der Waals surface area contributed by atoms with Crippen LogP contribution in [-0.2, 0) is 16.1 Å². The molecule has 0 spiro atoms. The first kappa shape index (κ1) is 15.9. The van der Waals surface area contributed by atoms with Gasteiger partial charge in [-0.05, 0) is 31.2 Å². The number of carbonyl (C=O) groups is 1. The van der Waals surface area contributed by atoms with Crippen LogP contribution in [0.3, 0.4) is 0 Å². The molecule has 2 atom stereocenters.